The van der Waals surface area contributed by atoms with E-state index in [9.17, 15) is 4.79 Å². The second kappa shape index (κ2) is 6.70. The molecule has 1 aromatic heterocycles. The van der Waals surface area contributed by atoms with Gasteiger partial charge in [-0.3, -0.25) is 4.79 Å². The number of nitrogens with zero attached hydrogens (tertiary/aromatic N) is 2. The molecule has 110 valence electrons. The molecule has 0 saturated carbocycles. The van der Waals surface area contributed by atoms with Crippen molar-refractivity contribution >= 4 is 5.91 Å². The molecule has 0 bridgehead atoms. The quantitative estimate of drug-likeness (QED) is 0.790. The molecule has 0 N–H and O–H groups in total. The van der Waals surface area contributed by atoms with E-state index >= 15 is 0 Å². The molecule has 1 aliphatic rings. The number of likely N-dealkylation sites (tertiary alicyclic amines) is 1. The van der Waals surface area contributed by atoms with E-state index in [4.69, 9.17) is 9.47 Å². The van der Waals surface area contributed by atoms with Crippen molar-refractivity contribution < 1.29 is 14.3 Å². The van der Waals surface area contributed by atoms with Gasteiger partial charge in [0.1, 0.15) is 0 Å². The zero-order valence-corrected chi connectivity index (χ0v) is 12.4. The lowest BCUT2D eigenvalue weighted by Gasteiger charge is -2.16. The van der Waals surface area contributed by atoms with Crippen molar-refractivity contribution in [1.82, 2.24) is 9.88 Å². The minimum Gasteiger partial charge on any atom is -0.481 e. The zero-order valence-electron chi connectivity index (χ0n) is 12.4. The monoisotopic (exact) mass is 278 g/mol. The van der Waals surface area contributed by atoms with Gasteiger partial charge < -0.3 is 14.4 Å². The van der Waals surface area contributed by atoms with E-state index in [0.717, 1.165) is 13.0 Å². The van der Waals surface area contributed by atoms with Gasteiger partial charge in [0.2, 0.25) is 11.8 Å². The van der Waals surface area contributed by atoms with Crippen LogP contribution in [0.2, 0.25) is 0 Å². The topological polar surface area (TPSA) is 51.7 Å². The van der Waals surface area contributed by atoms with Crippen LogP contribution in [0.25, 0.3) is 0 Å². The predicted octanol–water partition coefficient (Wildman–Crippen LogP) is 1.44. The van der Waals surface area contributed by atoms with Crippen molar-refractivity contribution in [3.63, 3.8) is 0 Å². The summed E-state index contributed by atoms with van der Waals surface area (Å²) in [5.74, 6) is 1.23. The van der Waals surface area contributed by atoms with Gasteiger partial charge in [-0.1, -0.05) is 0 Å². The van der Waals surface area contributed by atoms with E-state index in [-0.39, 0.29) is 5.91 Å². The molecule has 5 heteroatoms. The summed E-state index contributed by atoms with van der Waals surface area (Å²) in [4.78, 5) is 18.0. The van der Waals surface area contributed by atoms with Crippen LogP contribution in [-0.4, -0.2) is 49.7 Å². The van der Waals surface area contributed by atoms with Gasteiger partial charge in [-0.25, -0.2) is 4.98 Å². The van der Waals surface area contributed by atoms with Crippen molar-refractivity contribution in [2.24, 2.45) is 5.92 Å². The molecule has 0 unspecified atom stereocenters. The summed E-state index contributed by atoms with van der Waals surface area (Å²) in [6.07, 6.45) is 3.36. The zero-order chi connectivity index (χ0) is 14.5. The van der Waals surface area contributed by atoms with Gasteiger partial charge in [0.05, 0.1) is 13.7 Å². The average molecular weight is 278 g/mol. The van der Waals surface area contributed by atoms with Gasteiger partial charge in [-0.05, 0) is 30.4 Å². The number of hydrogen-bond acceptors (Lipinski definition) is 4. The van der Waals surface area contributed by atoms with Gasteiger partial charge in [-0.2, -0.15) is 0 Å². The molecule has 0 spiro atoms. The Balaban J connectivity index is 1.96. The molecule has 0 aromatic carbocycles. The first kappa shape index (κ1) is 14.8. The highest BCUT2D eigenvalue weighted by Crippen LogP contribution is 2.24. The maximum atomic E-state index is 11.9. The van der Waals surface area contributed by atoms with Crippen molar-refractivity contribution in [1.29, 1.82) is 0 Å². The molecule has 2 rings (SSSR count). The van der Waals surface area contributed by atoms with E-state index < -0.39 is 0 Å². The molecule has 1 aliphatic heterocycles. The van der Waals surface area contributed by atoms with Gasteiger partial charge in [-0.15, -0.1) is 0 Å². The summed E-state index contributed by atoms with van der Waals surface area (Å²) in [5, 5.41) is 0. The highest BCUT2D eigenvalue weighted by Gasteiger charge is 2.29. The molecule has 1 fully saturated rings. The fraction of sp³-hybridized carbons (Fsp3) is 0.600. The molecule has 1 aromatic rings. The lowest BCUT2D eigenvalue weighted by molar-refractivity contribution is -0.128. The van der Waals surface area contributed by atoms with Crippen LogP contribution in [0, 0.1) is 12.8 Å². The van der Waals surface area contributed by atoms with E-state index in [0.29, 0.717) is 31.4 Å². The lowest BCUT2D eigenvalue weighted by Crippen LogP contribution is -2.28. The number of amides is 1. The van der Waals surface area contributed by atoms with Crippen molar-refractivity contribution in [3.05, 3.63) is 23.4 Å². The smallest absolute Gasteiger partial charge is 0.223 e. The first-order chi connectivity index (χ1) is 9.63. The Morgan fingerprint density at radius 2 is 2.25 bits per heavy atom. The van der Waals surface area contributed by atoms with Crippen LogP contribution in [-0.2, 0) is 16.0 Å². The van der Waals surface area contributed by atoms with Crippen LogP contribution < -0.4 is 4.74 Å². The maximum absolute atomic E-state index is 11.9. The maximum Gasteiger partial charge on any atom is 0.223 e. The Morgan fingerprint density at radius 1 is 1.45 bits per heavy atom. The van der Waals surface area contributed by atoms with Gasteiger partial charge in [0.15, 0.2) is 0 Å². The first-order valence-electron chi connectivity index (χ1n) is 6.90. The fourth-order valence-corrected chi connectivity index (χ4v) is 2.60. The Labute approximate surface area is 119 Å². The van der Waals surface area contributed by atoms with E-state index in [1.54, 1.807) is 14.2 Å². The number of aromatic nitrogens is 1. The summed E-state index contributed by atoms with van der Waals surface area (Å²) in [5.41, 5.74) is 2.36. The van der Waals surface area contributed by atoms with Crippen LogP contribution in [0.15, 0.2) is 12.3 Å². The van der Waals surface area contributed by atoms with Crippen LogP contribution in [0.3, 0.4) is 0 Å². The third-order valence-electron chi connectivity index (χ3n) is 3.77. The molecular formula is C15H22N2O3. The van der Waals surface area contributed by atoms with Crippen molar-refractivity contribution in [2.45, 2.75) is 19.8 Å². The number of hydrogen-bond donors (Lipinski definition) is 0. The number of ether oxygens (including phenoxy) is 2. The Bertz CT molecular complexity index is 476. The average Bonchev–Trinajstić information content (AvgIpc) is 2.79. The number of pyridine rings is 1. The molecule has 0 radical (unpaired) electrons. The predicted molar refractivity (Wildman–Crippen MR) is 75.8 cm³/mol. The van der Waals surface area contributed by atoms with Crippen LogP contribution >= 0.6 is 0 Å². The molecule has 1 amide bonds. The first-order valence-corrected chi connectivity index (χ1v) is 6.90. The summed E-state index contributed by atoms with van der Waals surface area (Å²) in [6.45, 7) is 4.15. The van der Waals surface area contributed by atoms with Crippen LogP contribution in [0.5, 0.6) is 5.88 Å². The van der Waals surface area contributed by atoms with Crippen LogP contribution in [0.1, 0.15) is 17.5 Å². The van der Waals surface area contributed by atoms with E-state index in [1.165, 1.54) is 11.1 Å². The fourth-order valence-electron chi connectivity index (χ4n) is 2.60. The SMILES string of the molecule is COCCN1C[C@H](Cc2cnc(OC)cc2C)CC1=O. The molecule has 1 saturated heterocycles. The number of rotatable bonds is 6. The van der Waals surface area contributed by atoms with Crippen molar-refractivity contribution in [2.75, 3.05) is 33.9 Å². The number of aryl methyl sites for hydroxylation is 1. The van der Waals surface area contributed by atoms with Gasteiger partial charge >= 0.3 is 0 Å². The highest BCUT2D eigenvalue weighted by molar-refractivity contribution is 5.78. The molecule has 20 heavy (non-hydrogen) atoms. The number of carbonyl (C=O) groups excluding carboxylic acids is 1. The molecule has 2 heterocycles. The summed E-state index contributed by atoms with van der Waals surface area (Å²) >= 11 is 0. The molecule has 0 aliphatic carbocycles. The van der Waals surface area contributed by atoms with E-state index in [2.05, 4.69) is 11.9 Å². The Hall–Kier alpha value is -1.62. The molecule has 5 nitrogen and oxygen atoms in total. The van der Waals surface area contributed by atoms with Crippen molar-refractivity contribution in [3.8, 4) is 5.88 Å². The second-order valence-corrected chi connectivity index (χ2v) is 5.26. The second-order valence-electron chi connectivity index (χ2n) is 5.26. The minimum atomic E-state index is 0.228. The summed E-state index contributed by atoms with van der Waals surface area (Å²) < 4.78 is 10.1. The Morgan fingerprint density at radius 3 is 2.90 bits per heavy atom. The van der Waals surface area contributed by atoms with E-state index in [1.807, 2.05) is 17.2 Å². The van der Waals surface area contributed by atoms with Crippen LogP contribution in [0.4, 0.5) is 0 Å². The minimum absolute atomic E-state index is 0.228. The molecular weight excluding hydrogens is 256 g/mol. The van der Waals surface area contributed by atoms with Gasteiger partial charge in [0, 0.05) is 38.9 Å². The number of methoxy groups -OCH3 is 2. The third kappa shape index (κ3) is 3.48. The third-order valence-corrected chi connectivity index (χ3v) is 3.77. The molecule has 1 atom stereocenters. The summed E-state index contributed by atoms with van der Waals surface area (Å²) in [7, 11) is 3.27. The van der Waals surface area contributed by atoms with Gasteiger partial charge in [0.25, 0.3) is 0 Å². The normalized spacial score (nSPS) is 18.6. The standard InChI is InChI=1S/C15H22N2O3/c1-11-6-14(20-3)16-9-13(11)7-12-8-15(18)17(10-12)4-5-19-2/h6,9,12H,4-5,7-8,10H2,1-3H3/t12-/m1/s1. The Kier molecular flexibility index (Phi) is 4.95. The number of carbonyl (C=O) groups is 1. The highest BCUT2D eigenvalue weighted by atomic mass is 16.5. The largest absolute Gasteiger partial charge is 0.481 e. The lowest BCUT2D eigenvalue weighted by atomic mass is 9.97. The summed E-state index contributed by atoms with van der Waals surface area (Å²) in [6, 6.07) is 1.94.